The molecule has 0 saturated heterocycles. The molecule has 0 amide bonds. The maximum absolute atomic E-state index is 9.52. The monoisotopic (exact) mass is 254 g/mol. The third kappa shape index (κ3) is 3.37. The molecular weight excluding hydrogens is 232 g/mol. The van der Waals surface area contributed by atoms with E-state index in [0.29, 0.717) is 11.3 Å². The number of aliphatic hydroxyl groups is 1. The maximum Gasteiger partial charge on any atom is 0.108 e. The molecule has 2 saturated carbocycles. The van der Waals surface area contributed by atoms with Crippen LogP contribution in [0.25, 0.3) is 0 Å². The lowest BCUT2D eigenvalue weighted by Crippen LogP contribution is -2.43. The van der Waals surface area contributed by atoms with Crippen LogP contribution in [0.1, 0.15) is 46.0 Å². The van der Waals surface area contributed by atoms with Gasteiger partial charge in [-0.2, -0.15) is 17.0 Å². The molecule has 4 heteroatoms. The average Bonchev–Trinajstić information content (AvgIpc) is 3.00. The second kappa shape index (κ2) is 5.17. The van der Waals surface area contributed by atoms with Gasteiger partial charge in [-0.15, -0.1) is 0 Å². The van der Waals surface area contributed by atoms with Gasteiger partial charge in [0.15, 0.2) is 0 Å². The van der Waals surface area contributed by atoms with Crippen LogP contribution in [0.5, 0.6) is 0 Å². The summed E-state index contributed by atoms with van der Waals surface area (Å²) in [6.45, 7) is 3.91. The average molecular weight is 254 g/mol. The van der Waals surface area contributed by atoms with E-state index in [9.17, 15) is 10.4 Å². The first-order valence-corrected chi connectivity index (χ1v) is 7.51. The third-order valence-corrected chi connectivity index (χ3v) is 5.44. The minimum Gasteiger partial charge on any atom is -0.392 e. The molecule has 4 unspecified atom stereocenters. The zero-order chi connectivity index (χ0) is 12.5. The van der Waals surface area contributed by atoms with E-state index in [1.54, 1.807) is 0 Å². The van der Waals surface area contributed by atoms with Crippen LogP contribution in [0, 0.1) is 11.3 Å². The Bertz CT molecular complexity index is 311. The molecule has 2 fully saturated rings. The normalized spacial score (nSPS) is 36.5. The summed E-state index contributed by atoms with van der Waals surface area (Å²) in [5, 5.41) is 23.2. The highest BCUT2D eigenvalue weighted by Crippen LogP contribution is 2.40. The third-order valence-electron chi connectivity index (χ3n) is 3.83. The van der Waals surface area contributed by atoms with Crippen LogP contribution in [0.2, 0.25) is 0 Å². The summed E-state index contributed by atoms with van der Waals surface area (Å²) in [5.41, 5.74) is -0.281. The van der Waals surface area contributed by atoms with E-state index in [2.05, 4.69) is 18.3 Å². The molecule has 0 heterocycles. The minimum absolute atomic E-state index is 0.260. The van der Waals surface area contributed by atoms with Crippen molar-refractivity contribution in [1.82, 2.24) is 5.32 Å². The highest BCUT2D eigenvalue weighted by molar-refractivity contribution is 8.00. The fourth-order valence-electron chi connectivity index (χ4n) is 2.42. The maximum atomic E-state index is 9.52. The van der Waals surface area contributed by atoms with Crippen molar-refractivity contribution in [3.05, 3.63) is 0 Å². The van der Waals surface area contributed by atoms with Gasteiger partial charge in [-0.25, -0.2) is 0 Å². The molecule has 0 spiro atoms. The van der Waals surface area contributed by atoms with Crippen molar-refractivity contribution in [3.8, 4) is 6.07 Å². The Balaban J connectivity index is 1.86. The van der Waals surface area contributed by atoms with Crippen molar-refractivity contribution >= 4 is 11.8 Å². The van der Waals surface area contributed by atoms with E-state index in [-0.39, 0.29) is 16.9 Å². The lowest BCUT2D eigenvalue weighted by atomic mass is 10.00. The molecule has 96 valence electrons. The minimum atomic E-state index is -0.281. The van der Waals surface area contributed by atoms with Crippen LogP contribution >= 0.6 is 11.8 Å². The Morgan fingerprint density at radius 1 is 1.41 bits per heavy atom. The first kappa shape index (κ1) is 13.2. The zero-order valence-corrected chi connectivity index (χ0v) is 11.5. The van der Waals surface area contributed by atoms with E-state index >= 15 is 0 Å². The molecule has 3 nitrogen and oxygen atoms in total. The van der Waals surface area contributed by atoms with E-state index in [1.165, 1.54) is 12.8 Å². The van der Waals surface area contributed by atoms with Crippen molar-refractivity contribution in [2.24, 2.45) is 0 Å². The van der Waals surface area contributed by atoms with Gasteiger partial charge in [0, 0.05) is 16.5 Å². The molecule has 2 rings (SSSR count). The molecule has 0 aliphatic heterocycles. The zero-order valence-electron chi connectivity index (χ0n) is 10.6. The number of nitrogens with one attached hydrogen (secondary N) is 1. The molecule has 0 aromatic carbocycles. The highest BCUT2D eigenvalue weighted by Gasteiger charge is 2.43. The van der Waals surface area contributed by atoms with Crippen LogP contribution in [0.15, 0.2) is 0 Å². The number of hydrogen-bond acceptors (Lipinski definition) is 4. The van der Waals surface area contributed by atoms with Crippen LogP contribution in [0.3, 0.4) is 0 Å². The quantitative estimate of drug-likeness (QED) is 0.788. The van der Waals surface area contributed by atoms with Gasteiger partial charge < -0.3 is 5.11 Å². The van der Waals surface area contributed by atoms with E-state index < -0.39 is 0 Å². The Hall–Kier alpha value is -0.240. The highest BCUT2D eigenvalue weighted by atomic mass is 32.2. The number of rotatable bonds is 5. The SMILES string of the molecule is CC(O)C(C)SC1CCC(C#N)(NC2CC2)C1. The summed E-state index contributed by atoms with van der Waals surface area (Å²) in [5.74, 6) is 0. The first-order chi connectivity index (χ1) is 8.04. The van der Waals surface area contributed by atoms with Gasteiger partial charge in [0.25, 0.3) is 0 Å². The standard InChI is InChI=1S/C13H22N2OS/c1-9(16)10(2)17-12-5-6-13(7-12,8-14)15-11-3-4-11/h9-12,15-16H,3-7H2,1-2H3. The first-order valence-electron chi connectivity index (χ1n) is 6.57. The van der Waals surface area contributed by atoms with Crippen LogP contribution in [-0.2, 0) is 0 Å². The lowest BCUT2D eigenvalue weighted by Gasteiger charge is -2.24. The van der Waals surface area contributed by atoms with Gasteiger partial charge in [0.05, 0.1) is 12.2 Å². The van der Waals surface area contributed by atoms with E-state index in [0.717, 1.165) is 19.3 Å². The predicted molar refractivity (Wildman–Crippen MR) is 70.9 cm³/mol. The smallest absolute Gasteiger partial charge is 0.108 e. The molecule has 17 heavy (non-hydrogen) atoms. The molecule has 4 atom stereocenters. The second-order valence-electron chi connectivity index (χ2n) is 5.56. The number of aliphatic hydroxyl groups excluding tert-OH is 1. The number of nitriles is 1. The topological polar surface area (TPSA) is 56.0 Å². The van der Waals surface area contributed by atoms with Gasteiger partial charge in [0.1, 0.15) is 5.54 Å². The number of hydrogen-bond donors (Lipinski definition) is 2. The Morgan fingerprint density at radius 2 is 2.12 bits per heavy atom. The summed E-state index contributed by atoms with van der Waals surface area (Å²) in [7, 11) is 0. The summed E-state index contributed by atoms with van der Waals surface area (Å²) < 4.78 is 0. The number of nitrogens with zero attached hydrogens (tertiary/aromatic N) is 1. The van der Waals surface area contributed by atoms with Crippen molar-refractivity contribution in [2.75, 3.05) is 0 Å². The van der Waals surface area contributed by atoms with Crippen molar-refractivity contribution in [3.63, 3.8) is 0 Å². The molecule has 2 aliphatic carbocycles. The molecule has 0 aromatic heterocycles. The molecule has 2 aliphatic rings. The van der Waals surface area contributed by atoms with Gasteiger partial charge in [-0.1, -0.05) is 6.92 Å². The molecule has 0 aromatic rings. The van der Waals surface area contributed by atoms with Crippen molar-refractivity contribution in [2.45, 2.75) is 74.1 Å². The molecule has 0 bridgehead atoms. The Morgan fingerprint density at radius 3 is 2.65 bits per heavy atom. The van der Waals surface area contributed by atoms with E-state index in [1.807, 2.05) is 18.7 Å². The van der Waals surface area contributed by atoms with Crippen LogP contribution in [0.4, 0.5) is 0 Å². The van der Waals surface area contributed by atoms with Crippen molar-refractivity contribution < 1.29 is 5.11 Å². The molecule has 2 N–H and O–H groups in total. The summed E-state index contributed by atoms with van der Waals surface area (Å²) in [4.78, 5) is 0. The number of thioether (sulfide) groups is 1. The second-order valence-corrected chi connectivity index (χ2v) is 7.24. The van der Waals surface area contributed by atoms with Gasteiger partial charge in [-0.05, 0) is 39.0 Å². The van der Waals surface area contributed by atoms with Crippen molar-refractivity contribution in [1.29, 1.82) is 5.26 Å². The summed E-state index contributed by atoms with van der Waals surface area (Å²) in [6, 6.07) is 3.08. The molecule has 0 radical (unpaired) electrons. The predicted octanol–water partition coefficient (Wildman–Crippen LogP) is 2.06. The van der Waals surface area contributed by atoms with Crippen LogP contribution < -0.4 is 5.32 Å². The largest absolute Gasteiger partial charge is 0.392 e. The fraction of sp³-hybridized carbons (Fsp3) is 0.923. The summed E-state index contributed by atoms with van der Waals surface area (Å²) >= 11 is 1.84. The van der Waals surface area contributed by atoms with Crippen LogP contribution in [-0.4, -0.2) is 33.3 Å². The molecular formula is C13H22N2OS. The lowest BCUT2D eigenvalue weighted by molar-refractivity contribution is 0.196. The Kier molecular flexibility index (Phi) is 4.02. The summed E-state index contributed by atoms with van der Waals surface area (Å²) in [6.07, 6.45) is 5.17. The van der Waals surface area contributed by atoms with Gasteiger partial charge in [0.2, 0.25) is 0 Å². The van der Waals surface area contributed by atoms with E-state index in [4.69, 9.17) is 0 Å². The van der Waals surface area contributed by atoms with Gasteiger partial charge in [-0.3, -0.25) is 5.32 Å². The fourth-order valence-corrected chi connectivity index (χ4v) is 3.89. The Labute approximate surface area is 108 Å². The van der Waals surface area contributed by atoms with Gasteiger partial charge >= 0.3 is 0 Å².